The number of nitrogens with one attached hydrogen (secondary N) is 2. The predicted octanol–water partition coefficient (Wildman–Crippen LogP) is 3.97. The molecule has 0 bridgehead atoms. The summed E-state index contributed by atoms with van der Waals surface area (Å²) in [4.78, 5) is -0.791. The molecule has 31 heavy (non-hydrogen) atoms. The number of anilines is 1. The van der Waals surface area contributed by atoms with Gasteiger partial charge in [0.25, 0.3) is 10.0 Å². The van der Waals surface area contributed by atoms with Gasteiger partial charge in [-0.15, -0.1) is 0 Å². The molecule has 3 rings (SSSR count). The van der Waals surface area contributed by atoms with Crippen LogP contribution in [0.25, 0.3) is 0 Å². The average molecular weight is 488 g/mol. The molecule has 0 saturated heterocycles. The van der Waals surface area contributed by atoms with Crippen LogP contribution in [-0.4, -0.2) is 22.9 Å². The highest BCUT2D eigenvalue weighted by molar-refractivity contribution is 7.92. The van der Waals surface area contributed by atoms with Crippen molar-refractivity contribution in [3.05, 3.63) is 53.6 Å². The van der Waals surface area contributed by atoms with Crippen LogP contribution in [0.2, 0.25) is 0 Å². The van der Waals surface area contributed by atoms with Gasteiger partial charge in [-0.3, -0.25) is 4.72 Å². The Morgan fingerprint density at radius 2 is 1.13 bits per heavy atom. The second-order valence-electron chi connectivity index (χ2n) is 6.77. The van der Waals surface area contributed by atoms with Crippen molar-refractivity contribution in [1.82, 2.24) is 4.72 Å². The summed E-state index contributed by atoms with van der Waals surface area (Å²) in [5.41, 5.74) is -4.32. The molecule has 2 aromatic rings. The summed E-state index contributed by atoms with van der Waals surface area (Å²) in [7, 11) is -8.49. The van der Waals surface area contributed by atoms with Crippen LogP contribution in [0.1, 0.15) is 24.0 Å². The SMILES string of the molecule is O=S(=O)(Nc1cc(C(F)(F)F)cc(C(F)(F)F)c1)c1ccc(S(=O)(=O)NC2CC2)cc1. The van der Waals surface area contributed by atoms with Gasteiger partial charge >= 0.3 is 12.4 Å². The lowest BCUT2D eigenvalue weighted by atomic mass is 10.1. The first kappa shape index (κ1) is 23.3. The van der Waals surface area contributed by atoms with E-state index < -0.39 is 54.1 Å². The Labute approximate surface area is 173 Å². The smallest absolute Gasteiger partial charge is 0.280 e. The molecule has 170 valence electrons. The molecule has 2 N–H and O–H groups in total. The van der Waals surface area contributed by atoms with Crippen LogP contribution in [0.3, 0.4) is 0 Å². The summed E-state index contributed by atoms with van der Waals surface area (Å²) in [5, 5.41) is 0. The van der Waals surface area contributed by atoms with Gasteiger partial charge in [0.2, 0.25) is 10.0 Å². The van der Waals surface area contributed by atoms with E-state index >= 15 is 0 Å². The lowest BCUT2D eigenvalue weighted by molar-refractivity contribution is -0.143. The fraction of sp³-hybridized carbons (Fsp3) is 0.294. The van der Waals surface area contributed by atoms with Crippen molar-refractivity contribution in [2.75, 3.05) is 4.72 Å². The van der Waals surface area contributed by atoms with E-state index in [0.717, 1.165) is 24.3 Å². The third-order valence-electron chi connectivity index (χ3n) is 4.18. The van der Waals surface area contributed by atoms with Gasteiger partial charge in [0.05, 0.1) is 26.6 Å². The van der Waals surface area contributed by atoms with E-state index in [4.69, 9.17) is 0 Å². The minimum atomic E-state index is -5.15. The third-order valence-corrected chi connectivity index (χ3v) is 7.12. The number of hydrogen-bond acceptors (Lipinski definition) is 4. The van der Waals surface area contributed by atoms with Crippen molar-refractivity contribution < 1.29 is 43.2 Å². The Morgan fingerprint density at radius 3 is 1.52 bits per heavy atom. The molecule has 1 fully saturated rings. The summed E-state index contributed by atoms with van der Waals surface area (Å²) in [5.74, 6) is 0. The number of rotatable bonds is 6. The molecule has 1 aliphatic rings. The van der Waals surface area contributed by atoms with E-state index in [1.54, 1.807) is 4.72 Å². The molecule has 0 aliphatic heterocycles. The fourth-order valence-corrected chi connectivity index (χ4v) is 4.86. The number of hydrogen-bond donors (Lipinski definition) is 2. The molecule has 0 spiro atoms. The molecule has 0 heterocycles. The maximum absolute atomic E-state index is 12.9. The molecule has 0 aromatic heterocycles. The number of benzene rings is 2. The van der Waals surface area contributed by atoms with Crippen LogP contribution < -0.4 is 9.44 Å². The molecule has 6 nitrogen and oxygen atoms in total. The average Bonchev–Trinajstić information content (AvgIpc) is 3.43. The molecule has 0 unspecified atom stereocenters. The highest BCUT2D eigenvalue weighted by Crippen LogP contribution is 2.38. The summed E-state index contributed by atoms with van der Waals surface area (Å²) in [6.45, 7) is 0. The van der Waals surface area contributed by atoms with Gasteiger partial charge in [0, 0.05) is 6.04 Å². The highest BCUT2D eigenvalue weighted by atomic mass is 32.2. The topological polar surface area (TPSA) is 92.3 Å². The first-order valence-electron chi connectivity index (χ1n) is 8.53. The van der Waals surface area contributed by atoms with E-state index in [9.17, 15) is 43.2 Å². The maximum atomic E-state index is 12.9. The minimum absolute atomic E-state index is 0.135. The summed E-state index contributed by atoms with van der Waals surface area (Å²) in [6.07, 6.45) is -8.95. The van der Waals surface area contributed by atoms with E-state index in [1.807, 2.05) is 0 Å². The molecule has 0 radical (unpaired) electrons. The van der Waals surface area contributed by atoms with E-state index in [0.29, 0.717) is 12.8 Å². The lowest BCUT2D eigenvalue weighted by Gasteiger charge is -2.15. The molecule has 14 heteroatoms. The van der Waals surface area contributed by atoms with E-state index in [1.165, 1.54) is 0 Å². The fourth-order valence-electron chi connectivity index (χ4n) is 2.51. The molecular weight excluding hydrogens is 474 g/mol. The van der Waals surface area contributed by atoms with Crippen molar-refractivity contribution in [1.29, 1.82) is 0 Å². The van der Waals surface area contributed by atoms with Crippen molar-refractivity contribution in [3.63, 3.8) is 0 Å². The first-order valence-corrected chi connectivity index (χ1v) is 11.5. The van der Waals surface area contributed by atoms with Gasteiger partial charge in [-0.2, -0.15) is 26.3 Å². The van der Waals surface area contributed by atoms with Crippen LogP contribution in [0.15, 0.2) is 52.3 Å². The van der Waals surface area contributed by atoms with Crippen molar-refractivity contribution >= 4 is 25.7 Å². The number of sulfonamides is 2. The minimum Gasteiger partial charge on any atom is -0.280 e. The van der Waals surface area contributed by atoms with Gasteiger partial charge in [-0.1, -0.05) is 0 Å². The van der Waals surface area contributed by atoms with Gasteiger partial charge in [0.1, 0.15) is 0 Å². The predicted molar refractivity (Wildman–Crippen MR) is 97.0 cm³/mol. The van der Waals surface area contributed by atoms with Crippen LogP contribution in [0.4, 0.5) is 32.0 Å². The van der Waals surface area contributed by atoms with Gasteiger partial charge < -0.3 is 0 Å². The third kappa shape index (κ3) is 5.68. The van der Waals surface area contributed by atoms with Crippen molar-refractivity contribution in [2.24, 2.45) is 0 Å². The summed E-state index contributed by atoms with van der Waals surface area (Å²) < 4.78 is 131. The van der Waals surface area contributed by atoms with Gasteiger partial charge in [-0.25, -0.2) is 21.6 Å². The standard InChI is InChI=1S/C17H14F6N2O4S2/c18-16(19,20)10-7-11(17(21,22)23)9-13(8-10)25-31(28,29)15-5-3-14(4-6-15)30(26,27)24-12-1-2-12/h3-9,12,24-25H,1-2H2. The molecule has 2 aromatic carbocycles. The Hall–Kier alpha value is -2.32. The van der Waals surface area contributed by atoms with Crippen LogP contribution in [0.5, 0.6) is 0 Å². The van der Waals surface area contributed by atoms with Crippen molar-refractivity contribution in [3.8, 4) is 0 Å². The monoisotopic (exact) mass is 488 g/mol. The van der Waals surface area contributed by atoms with Gasteiger partial charge in [0.15, 0.2) is 0 Å². The number of alkyl halides is 6. The highest BCUT2D eigenvalue weighted by Gasteiger charge is 2.37. The summed E-state index contributed by atoms with van der Waals surface area (Å²) in [6, 6.07) is 3.81. The Balaban J connectivity index is 1.91. The Bertz CT molecular complexity index is 1150. The number of halogens is 6. The molecular formula is C17H14F6N2O4S2. The largest absolute Gasteiger partial charge is 0.416 e. The second-order valence-corrected chi connectivity index (χ2v) is 10.2. The first-order chi connectivity index (χ1) is 14.1. The lowest BCUT2D eigenvalue weighted by Crippen LogP contribution is -2.25. The van der Waals surface area contributed by atoms with Crippen LogP contribution in [0, 0.1) is 0 Å². The zero-order valence-electron chi connectivity index (χ0n) is 15.3. The van der Waals surface area contributed by atoms with Crippen molar-refractivity contribution in [2.45, 2.75) is 41.0 Å². The zero-order chi connectivity index (χ0) is 23.2. The zero-order valence-corrected chi connectivity index (χ0v) is 16.9. The molecule has 0 atom stereocenters. The summed E-state index contributed by atoms with van der Waals surface area (Å²) >= 11 is 0. The quantitative estimate of drug-likeness (QED) is 0.602. The second kappa shape index (κ2) is 7.67. The molecule has 1 aliphatic carbocycles. The van der Waals surface area contributed by atoms with Crippen LogP contribution in [-0.2, 0) is 32.4 Å². The maximum Gasteiger partial charge on any atom is 0.416 e. The molecule has 0 amide bonds. The normalized spacial score (nSPS) is 15.7. The van der Waals surface area contributed by atoms with Crippen LogP contribution >= 0.6 is 0 Å². The Morgan fingerprint density at radius 1 is 0.710 bits per heavy atom. The van der Waals surface area contributed by atoms with E-state index in [-0.39, 0.29) is 29.1 Å². The molecule has 1 saturated carbocycles. The Kier molecular flexibility index (Phi) is 5.78. The van der Waals surface area contributed by atoms with Gasteiger partial charge in [-0.05, 0) is 55.3 Å². The van der Waals surface area contributed by atoms with E-state index in [2.05, 4.69) is 4.72 Å².